The van der Waals surface area contributed by atoms with E-state index in [1.165, 1.54) is 10.5 Å². The summed E-state index contributed by atoms with van der Waals surface area (Å²) in [6.45, 7) is 0.502. The summed E-state index contributed by atoms with van der Waals surface area (Å²) in [5, 5.41) is 9.04. The van der Waals surface area contributed by atoms with Gasteiger partial charge in [-0.15, -0.1) is 0 Å². The summed E-state index contributed by atoms with van der Waals surface area (Å²) in [7, 11) is 0. The number of H-pyrrole nitrogens is 1. The highest BCUT2D eigenvalue weighted by atomic mass is 19.4. The highest BCUT2D eigenvalue weighted by Gasteiger charge is 2.30. The molecule has 0 spiro atoms. The number of benzene rings is 2. The van der Waals surface area contributed by atoms with E-state index in [0.29, 0.717) is 34.8 Å². The average Bonchev–Trinajstić information content (AvgIpc) is 2.98. The SMILES string of the molecule is NCCCc1cn2c(=O)[nH]nc2c2cc3cc(C(F)(F)F)ccc3cc12. The quantitative estimate of drug-likeness (QED) is 0.551. The Kier molecular flexibility index (Phi) is 3.73. The molecule has 2 aromatic carbocycles. The minimum Gasteiger partial charge on any atom is -0.330 e. The molecule has 4 rings (SSSR count). The Morgan fingerprint density at radius 3 is 2.62 bits per heavy atom. The number of hydrogen-bond acceptors (Lipinski definition) is 3. The molecule has 4 aromatic rings. The Balaban J connectivity index is 2.07. The average molecular weight is 360 g/mol. The number of aryl methyl sites for hydroxylation is 1. The Labute approximate surface area is 145 Å². The van der Waals surface area contributed by atoms with Crippen LogP contribution >= 0.6 is 0 Å². The molecule has 26 heavy (non-hydrogen) atoms. The molecule has 0 aliphatic carbocycles. The van der Waals surface area contributed by atoms with E-state index in [0.717, 1.165) is 29.5 Å². The zero-order valence-corrected chi connectivity index (χ0v) is 13.6. The van der Waals surface area contributed by atoms with Crippen LogP contribution in [0.3, 0.4) is 0 Å². The molecular weight excluding hydrogens is 345 g/mol. The van der Waals surface area contributed by atoms with Crippen LogP contribution in [0.4, 0.5) is 13.2 Å². The van der Waals surface area contributed by atoms with Gasteiger partial charge >= 0.3 is 11.9 Å². The molecule has 0 bridgehead atoms. The fourth-order valence-corrected chi connectivity index (χ4v) is 3.26. The molecular formula is C18H15F3N4O. The summed E-state index contributed by atoms with van der Waals surface area (Å²) < 4.78 is 40.4. The maximum Gasteiger partial charge on any atom is 0.416 e. The molecule has 0 atom stereocenters. The van der Waals surface area contributed by atoms with Gasteiger partial charge in [-0.2, -0.15) is 18.3 Å². The van der Waals surface area contributed by atoms with Gasteiger partial charge in [0.25, 0.3) is 0 Å². The van der Waals surface area contributed by atoms with Gasteiger partial charge in [0.2, 0.25) is 0 Å². The Morgan fingerprint density at radius 1 is 1.12 bits per heavy atom. The Bertz CT molecular complexity index is 1190. The van der Waals surface area contributed by atoms with Gasteiger partial charge in [-0.3, -0.25) is 0 Å². The number of aromatic amines is 1. The van der Waals surface area contributed by atoms with Crippen LogP contribution in [0.5, 0.6) is 0 Å². The van der Waals surface area contributed by atoms with E-state index in [9.17, 15) is 18.0 Å². The minimum atomic E-state index is -4.41. The third kappa shape index (κ3) is 2.62. The zero-order valence-electron chi connectivity index (χ0n) is 13.6. The van der Waals surface area contributed by atoms with E-state index >= 15 is 0 Å². The number of nitrogens with one attached hydrogen (secondary N) is 1. The lowest BCUT2D eigenvalue weighted by atomic mass is 9.98. The number of nitrogens with two attached hydrogens (primary N) is 1. The van der Waals surface area contributed by atoms with Gasteiger partial charge in [0.15, 0.2) is 5.65 Å². The van der Waals surface area contributed by atoms with Gasteiger partial charge in [-0.05, 0) is 65.4 Å². The van der Waals surface area contributed by atoms with Crippen molar-refractivity contribution in [3.05, 3.63) is 58.1 Å². The predicted octanol–water partition coefficient (Wildman–Crippen LogP) is 3.24. The van der Waals surface area contributed by atoms with E-state index in [2.05, 4.69) is 10.2 Å². The standard InChI is InChI=1S/C18H15F3N4O/c19-18(20,21)13-4-3-10-7-14-11(2-1-5-22)9-25-16(23-24-17(25)26)15(14)8-12(10)6-13/h3-4,6-9H,1-2,5,22H2,(H,24,26). The molecule has 3 N–H and O–H groups in total. The highest BCUT2D eigenvalue weighted by molar-refractivity contribution is 6.05. The highest BCUT2D eigenvalue weighted by Crippen LogP contribution is 2.34. The predicted molar refractivity (Wildman–Crippen MR) is 93.2 cm³/mol. The van der Waals surface area contributed by atoms with E-state index in [4.69, 9.17) is 5.73 Å². The van der Waals surface area contributed by atoms with Crippen LogP contribution in [-0.2, 0) is 12.6 Å². The summed E-state index contributed by atoms with van der Waals surface area (Å²) >= 11 is 0. The monoisotopic (exact) mass is 360 g/mol. The number of nitrogens with zero attached hydrogens (tertiary/aromatic N) is 2. The number of pyridine rings is 1. The fourth-order valence-electron chi connectivity index (χ4n) is 3.26. The van der Waals surface area contributed by atoms with Crippen molar-refractivity contribution < 1.29 is 13.2 Å². The van der Waals surface area contributed by atoms with Crippen molar-refractivity contribution in [2.75, 3.05) is 6.54 Å². The number of aromatic nitrogens is 3. The topological polar surface area (TPSA) is 76.2 Å². The summed E-state index contributed by atoms with van der Waals surface area (Å²) in [5.74, 6) is 0. The maximum atomic E-state index is 13.0. The van der Waals surface area contributed by atoms with Crippen LogP contribution in [0, 0.1) is 0 Å². The Hall–Kier alpha value is -2.87. The van der Waals surface area contributed by atoms with Gasteiger partial charge in [0.05, 0.1) is 5.56 Å². The molecule has 2 heterocycles. The number of fused-ring (bicyclic) bond motifs is 4. The third-order valence-corrected chi connectivity index (χ3v) is 4.53. The smallest absolute Gasteiger partial charge is 0.330 e. The second-order valence-corrected chi connectivity index (χ2v) is 6.23. The summed E-state index contributed by atoms with van der Waals surface area (Å²) in [4.78, 5) is 12.0. The van der Waals surface area contributed by atoms with Crippen LogP contribution in [-0.4, -0.2) is 21.1 Å². The van der Waals surface area contributed by atoms with E-state index in [-0.39, 0.29) is 5.69 Å². The fraction of sp³-hybridized carbons (Fsp3) is 0.222. The zero-order chi connectivity index (χ0) is 18.5. The van der Waals surface area contributed by atoms with E-state index in [1.54, 1.807) is 12.3 Å². The van der Waals surface area contributed by atoms with Crippen molar-refractivity contribution in [1.82, 2.24) is 14.6 Å². The lowest BCUT2D eigenvalue weighted by Gasteiger charge is -2.11. The number of alkyl halides is 3. The number of rotatable bonds is 3. The van der Waals surface area contributed by atoms with Crippen molar-refractivity contribution in [2.45, 2.75) is 19.0 Å². The van der Waals surface area contributed by atoms with Gasteiger partial charge in [-0.1, -0.05) is 6.07 Å². The van der Waals surface area contributed by atoms with E-state index < -0.39 is 11.7 Å². The number of hydrogen-bond donors (Lipinski definition) is 2. The number of halogens is 3. The molecule has 0 saturated heterocycles. The van der Waals surface area contributed by atoms with Crippen LogP contribution in [0.2, 0.25) is 0 Å². The molecule has 2 aromatic heterocycles. The summed E-state index contributed by atoms with van der Waals surface area (Å²) in [6, 6.07) is 7.15. The molecule has 0 saturated carbocycles. The molecule has 0 amide bonds. The molecule has 8 heteroatoms. The van der Waals surface area contributed by atoms with Crippen LogP contribution in [0.15, 0.2) is 41.3 Å². The van der Waals surface area contributed by atoms with Gasteiger partial charge in [0, 0.05) is 11.6 Å². The molecule has 0 aliphatic rings. The van der Waals surface area contributed by atoms with Crippen LogP contribution in [0.25, 0.3) is 27.2 Å². The minimum absolute atomic E-state index is 0.389. The van der Waals surface area contributed by atoms with Crippen molar-refractivity contribution in [2.24, 2.45) is 5.73 Å². The van der Waals surface area contributed by atoms with Crippen LogP contribution < -0.4 is 11.4 Å². The largest absolute Gasteiger partial charge is 0.416 e. The second-order valence-electron chi connectivity index (χ2n) is 6.23. The molecule has 0 radical (unpaired) electrons. The second kappa shape index (κ2) is 5.84. The van der Waals surface area contributed by atoms with Crippen molar-refractivity contribution in [1.29, 1.82) is 0 Å². The first-order chi connectivity index (χ1) is 12.4. The van der Waals surface area contributed by atoms with Gasteiger partial charge < -0.3 is 5.73 Å². The third-order valence-electron chi connectivity index (χ3n) is 4.53. The first-order valence-corrected chi connectivity index (χ1v) is 8.12. The lowest BCUT2D eigenvalue weighted by Crippen LogP contribution is -2.10. The van der Waals surface area contributed by atoms with Gasteiger partial charge in [0.1, 0.15) is 0 Å². The van der Waals surface area contributed by atoms with Gasteiger partial charge in [-0.25, -0.2) is 14.3 Å². The van der Waals surface area contributed by atoms with Crippen molar-refractivity contribution >= 4 is 27.2 Å². The summed E-state index contributed by atoms with van der Waals surface area (Å²) in [6.07, 6.45) is -1.30. The lowest BCUT2D eigenvalue weighted by molar-refractivity contribution is -0.137. The normalized spacial score (nSPS) is 12.5. The van der Waals surface area contributed by atoms with Crippen LogP contribution in [0.1, 0.15) is 17.5 Å². The molecule has 0 aliphatic heterocycles. The molecule has 134 valence electrons. The molecule has 0 fully saturated rings. The summed E-state index contributed by atoms with van der Waals surface area (Å²) in [5.41, 5.74) is 5.79. The first-order valence-electron chi connectivity index (χ1n) is 8.12. The molecule has 0 unspecified atom stereocenters. The molecule has 5 nitrogen and oxygen atoms in total. The maximum absolute atomic E-state index is 13.0. The van der Waals surface area contributed by atoms with E-state index in [1.807, 2.05) is 6.07 Å². The van der Waals surface area contributed by atoms with Crippen molar-refractivity contribution in [3.63, 3.8) is 0 Å². The first kappa shape index (κ1) is 16.6. The Morgan fingerprint density at radius 2 is 1.88 bits per heavy atom. The van der Waals surface area contributed by atoms with Crippen molar-refractivity contribution in [3.8, 4) is 0 Å².